The van der Waals surface area contributed by atoms with E-state index >= 15 is 0 Å². The Bertz CT molecular complexity index is 664. The van der Waals surface area contributed by atoms with E-state index in [0.717, 1.165) is 26.2 Å². The van der Waals surface area contributed by atoms with Crippen LogP contribution in [0.3, 0.4) is 0 Å². The maximum absolute atomic E-state index is 13.3. The molecule has 0 radical (unpaired) electrons. The molecule has 0 aliphatic carbocycles. The Kier molecular flexibility index (Phi) is 7.55. The van der Waals surface area contributed by atoms with Crippen molar-refractivity contribution in [3.63, 3.8) is 0 Å². The number of likely N-dealkylation sites (N-methyl/N-ethyl adjacent to an activating group) is 1. The number of carbonyl (C=O) groups is 2. The van der Waals surface area contributed by atoms with Gasteiger partial charge < -0.3 is 14.9 Å². The van der Waals surface area contributed by atoms with Gasteiger partial charge in [-0.05, 0) is 30.2 Å². The Morgan fingerprint density at radius 2 is 1.71 bits per heavy atom. The lowest BCUT2D eigenvalue weighted by molar-refractivity contribution is -0.121. The normalized spacial score (nSPS) is 17.3. The van der Waals surface area contributed by atoms with E-state index in [-0.39, 0.29) is 18.1 Å². The van der Waals surface area contributed by atoms with Crippen LogP contribution in [0.15, 0.2) is 24.3 Å². The van der Waals surface area contributed by atoms with Gasteiger partial charge >= 0.3 is 6.09 Å². The van der Waals surface area contributed by atoms with Crippen LogP contribution in [0.5, 0.6) is 0 Å². The number of hydrogen-bond acceptors (Lipinski definition) is 4. The smallest absolute Gasteiger partial charge is 0.408 e. The standard InChI is InChI=1S/C21H32FN3O3/c1-21(2,3)19(16-5-7-17(22)8-6-16)25(20(27)28)15-18(26)9-10-24-13-11-23(4)12-14-24/h5-8,19H,9-15H2,1-4H3,(H,27,28). The summed E-state index contributed by atoms with van der Waals surface area (Å²) in [6.45, 7) is 10.1. The van der Waals surface area contributed by atoms with Gasteiger partial charge in [0.2, 0.25) is 0 Å². The molecule has 7 heteroatoms. The monoisotopic (exact) mass is 393 g/mol. The van der Waals surface area contributed by atoms with Crippen LogP contribution < -0.4 is 0 Å². The van der Waals surface area contributed by atoms with E-state index in [2.05, 4.69) is 16.8 Å². The molecule has 0 bridgehead atoms. The minimum absolute atomic E-state index is 0.0994. The van der Waals surface area contributed by atoms with Crippen LogP contribution in [0, 0.1) is 11.2 Å². The summed E-state index contributed by atoms with van der Waals surface area (Å²) in [6, 6.07) is 5.29. The second-order valence-electron chi connectivity index (χ2n) is 8.66. The highest BCUT2D eigenvalue weighted by Gasteiger charge is 2.36. The molecule has 28 heavy (non-hydrogen) atoms. The molecule has 1 unspecified atom stereocenters. The van der Waals surface area contributed by atoms with Crippen molar-refractivity contribution in [2.24, 2.45) is 5.41 Å². The molecule has 1 aliphatic heterocycles. The number of ketones is 1. The van der Waals surface area contributed by atoms with Gasteiger partial charge in [-0.1, -0.05) is 32.9 Å². The first-order valence-electron chi connectivity index (χ1n) is 9.75. The predicted molar refractivity (Wildman–Crippen MR) is 107 cm³/mol. The van der Waals surface area contributed by atoms with E-state index in [1.807, 2.05) is 20.8 Å². The summed E-state index contributed by atoms with van der Waals surface area (Å²) in [5.41, 5.74) is 0.233. The van der Waals surface area contributed by atoms with Crippen molar-refractivity contribution in [1.82, 2.24) is 14.7 Å². The zero-order chi connectivity index (χ0) is 20.9. The third-order valence-electron chi connectivity index (χ3n) is 5.21. The Morgan fingerprint density at radius 1 is 1.14 bits per heavy atom. The van der Waals surface area contributed by atoms with Crippen molar-refractivity contribution >= 4 is 11.9 Å². The molecule has 1 heterocycles. The molecule has 1 saturated heterocycles. The molecule has 1 atom stereocenters. The number of hydrogen-bond donors (Lipinski definition) is 1. The summed E-state index contributed by atoms with van der Waals surface area (Å²) < 4.78 is 13.3. The van der Waals surface area contributed by atoms with E-state index in [4.69, 9.17) is 0 Å². The first kappa shape index (κ1) is 22.3. The number of benzene rings is 1. The van der Waals surface area contributed by atoms with Crippen molar-refractivity contribution in [2.75, 3.05) is 46.3 Å². The molecule has 2 rings (SSSR count). The van der Waals surface area contributed by atoms with E-state index in [1.165, 1.54) is 17.0 Å². The second kappa shape index (κ2) is 9.47. The van der Waals surface area contributed by atoms with E-state index in [1.54, 1.807) is 12.1 Å². The Labute approximate surface area is 166 Å². The van der Waals surface area contributed by atoms with Crippen LogP contribution in [0.4, 0.5) is 9.18 Å². The fraction of sp³-hybridized carbons (Fsp3) is 0.619. The third-order valence-corrected chi connectivity index (χ3v) is 5.21. The lowest BCUT2D eigenvalue weighted by Crippen LogP contribution is -2.46. The summed E-state index contributed by atoms with van der Waals surface area (Å²) in [4.78, 5) is 30.3. The first-order chi connectivity index (χ1) is 13.1. The van der Waals surface area contributed by atoms with Crippen LogP contribution in [0.1, 0.15) is 38.8 Å². The van der Waals surface area contributed by atoms with Gasteiger partial charge in [-0.3, -0.25) is 9.69 Å². The number of carboxylic acid groups (broad SMARTS) is 1. The second-order valence-corrected chi connectivity index (χ2v) is 8.66. The van der Waals surface area contributed by atoms with Crippen LogP contribution >= 0.6 is 0 Å². The molecule has 1 N–H and O–H groups in total. The minimum Gasteiger partial charge on any atom is -0.465 e. The zero-order valence-corrected chi connectivity index (χ0v) is 17.3. The largest absolute Gasteiger partial charge is 0.465 e. The van der Waals surface area contributed by atoms with Crippen molar-refractivity contribution < 1.29 is 19.1 Å². The highest BCUT2D eigenvalue weighted by atomic mass is 19.1. The van der Waals surface area contributed by atoms with Crippen LogP contribution in [0.25, 0.3) is 0 Å². The number of piperazine rings is 1. The summed E-state index contributed by atoms with van der Waals surface area (Å²) in [5.74, 6) is -0.473. The summed E-state index contributed by atoms with van der Waals surface area (Å²) in [6.07, 6.45) is -0.814. The molecule has 156 valence electrons. The Hall–Kier alpha value is -1.99. The van der Waals surface area contributed by atoms with Crippen molar-refractivity contribution in [2.45, 2.75) is 33.2 Å². The number of halogens is 1. The van der Waals surface area contributed by atoms with Gasteiger partial charge in [-0.15, -0.1) is 0 Å². The maximum Gasteiger partial charge on any atom is 0.408 e. The van der Waals surface area contributed by atoms with E-state index in [0.29, 0.717) is 18.5 Å². The number of Topliss-reactive ketones (excluding diaryl/α,β-unsaturated/α-hetero) is 1. The molecule has 0 saturated carbocycles. The highest BCUT2D eigenvalue weighted by Crippen LogP contribution is 2.38. The molecular formula is C21H32FN3O3. The average Bonchev–Trinajstić information content (AvgIpc) is 2.61. The summed E-state index contributed by atoms with van der Waals surface area (Å²) in [7, 11) is 2.08. The summed E-state index contributed by atoms with van der Waals surface area (Å²) >= 11 is 0. The molecule has 1 aromatic carbocycles. The SMILES string of the molecule is CN1CCN(CCC(=O)CN(C(=O)O)C(c2ccc(F)cc2)C(C)(C)C)CC1. The number of rotatable bonds is 7. The Balaban J connectivity index is 2.07. The predicted octanol–water partition coefficient (Wildman–Crippen LogP) is 3.10. The van der Waals surface area contributed by atoms with Gasteiger partial charge in [-0.2, -0.15) is 0 Å². The number of nitrogens with zero attached hydrogens (tertiary/aromatic N) is 3. The van der Waals surface area contributed by atoms with Crippen molar-refractivity contribution in [3.8, 4) is 0 Å². The fourth-order valence-corrected chi connectivity index (χ4v) is 3.69. The van der Waals surface area contributed by atoms with Gasteiger partial charge in [0.1, 0.15) is 5.82 Å². The van der Waals surface area contributed by atoms with Gasteiger partial charge in [0.05, 0.1) is 12.6 Å². The lowest BCUT2D eigenvalue weighted by atomic mass is 9.81. The molecule has 1 amide bonds. The van der Waals surface area contributed by atoms with Gasteiger partial charge in [-0.25, -0.2) is 9.18 Å². The summed E-state index contributed by atoms with van der Waals surface area (Å²) in [5, 5.41) is 9.80. The molecular weight excluding hydrogens is 361 g/mol. The van der Waals surface area contributed by atoms with Gasteiger partial charge in [0.15, 0.2) is 5.78 Å². The van der Waals surface area contributed by atoms with Crippen molar-refractivity contribution in [3.05, 3.63) is 35.6 Å². The molecule has 1 aliphatic rings. The van der Waals surface area contributed by atoms with Crippen molar-refractivity contribution in [1.29, 1.82) is 0 Å². The average molecular weight is 394 g/mol. The molecule has 1 fully saturated rings. The van der Waals surface area contributed by atoms with E-state index < -0.39 is 17.6 Å². The van der Waals surface area contributed by atoms with Crippen LogP contribution in [-0.4, -0.2) is 78.0 Å². The fourth-order valence-electron chi connectivity index (χ4n) is 3.69. The maximum atomic E-state index is 13.3. The molecule has 0 aromatic heterocycles. The number of amides is 1. The molecule has 0 spiro atoms. The highest BCUT2D eigenvalue weighted by molar-refractivity contribution is 5.84. The van der Waals surface area contributed by atoms with Crippen LogP contribution in [0.2, 0.25) is 0 Å². The molecule has 6 nitrogen and oxygen atoms in total. The quantitative estimate of drug-likeness (QED) is 0.771. The van der Waals surface area contributed by atoms with Gasteiger partial charge in [0, 0.05) is 39.1 Å². The lowest BCUT2D eigenvalue weighted by Gasteiger charge is -2.39. The van der Waals surface area contributed by atoms with Gasteiger partial charge in [0.25, 0.3) is 0 Å². The first-order valence-corrected chi connectivity index (χ1v) is 9.75. The zero-order valence-electron chi connectivity index (χ0n) is 17.3. The van der Waals surface area contributed by atoms with Crippen LogP contribution in [-0.2, 0) is 4.79 Å². The Morgan fingerprint density at radius 3 is 2.21 bits per heavy atom. The van der Waals surface area contributed by atoms with E-state index in [9.17, 15) is 19.1 Å². The topological polar surface area (TPSA) is 64.1 Å². The minimum atomic E-state index is -1.14. The third kappa shape index (κ3) is 6.27. The number of carbonyl (C=O) groups excluding carboxylic acids is 1. The molecule has 1 aromatic rings.